The van der Waals surface area contributed by atoms with E-state index >= 15 is 0 Å². The van der Waals surface area contributed by atoms with Crippen molar-refractivity contribution in [3.8, 4) is 0 Å². The number of carbonyl (C=O) groups excluding carboxylic acids is 2. The molecule has 0 aliphatic heterocycles. The van der Waals surface area contributed by atoms with E-state index < -0.39 is 17.6 Å². The normalized spacial score (nSPS) is 20.3. The maximum absolute atomic E-state index is 13.0. The van der Waals surface area contributed by atoms with Crippen molar-refractivity contribution in [1.29, 1.82) is 0 Å². The molecule has 0 unspecified atom stereocenters. The van der Waals surface area contributed by atoms with Gasteiger partial charge in [-0.3, -0.25) is 9.59 Å². The molecule has 6 heteroatoms. The number of halogens is 1. The molecule has 2 atom stereocenters. The zero-order valence-corrected chi connectivity index (χ0v) is 11.6. The van der Waals surface area contributed by atoms with Crippen LogP contribution in [0, 0.1) is 18.7 Å². The molecule has 0 aromatic heterocycles. The lowest BCUT2D eigenvalue weighted by Gasteiger charge is -2.13. The fourth-order valence-corrected chi connectivity index (χ4v) is 2.20. The average Bonchev–Trinajstić information content (AvgIpc) is 2.89. The third-order valence-electron chi connectivity index (χ3n) is 3.37. The first-order chi connectivity index (χ1) is 9.99. The average molecular weight is 292 g/mol. The summed E-state index contributed by atoms with van der Waals surface area (Å²) < 4.78 is 13.0. The van der Waals surface area contributed by atoms with Crippen LogP contribution in [0.5, 0.6) is 0 Å². The van der Waals surface area contributed by atoms with E-state index in [1.165, 1.54) is 18.2 Å². The SMILES string of the molecule is Cc1cc(F)ccc1NC(=O)C(=O)N[C@@H]1C=C[C@H](CO)C1. The molecule has 1 aromatic rings. The van der Waals surface area contributed by atoms with Gasteiger partial charge in [-0.2, -0.15) is 0 Å². The van der Waals surface area contributed by atoms with Crippen LogP contribution in [-0.2, 0) is 9.59 Å². The van der Waals surface area contributed by atoms with Crippen molar-refractivity contribution in [2.24, 2.45) is 5.92 Å². The lowest BCUT2D eigenvalue weighted by molar-refractivity contribution is -0.136. The second kappa shape index (κ2) is 6.49. The molecule has 0 heterocycles. The van der Waals surface area contributed by atoms with Crippen molar-refractivity contribution in [2.45, 2.75) is 19.4 Å². The van der Waals surface area contributed by atoms with Crippen LogP contribution in [0.3, 0.4) is 0 Å². The molecule has 0 saturated heterocycles. The fourth-order valence-electron chi connectivity index (χ4n) is 2.20. The summed E-state index contributed by atoms with van der Waals surface area (Å²) in [5.41, 5.74) is 0.934. The van der Waals surface area contributed by atoms with E-state index in [2.05, 4.69) is 10.6 Å². The van der Waals surface area contributed by atoms with Gasteiger partial charge in [0.2, 0.25) is 0 Å². The maximum atomic E-state index is 13.0. The monoisotopic (exact) mass is 292 g/mol. The van der Waals surface area contributed by atoms with Crippen molar-refractivity contribution in [3.05, 3.63) is 41.7 Å². The Labute approximate surface area is 121 Å². The van der Waals surface area contributed by atoms with Gasteiger partial charge in [-0.05, 0) is 37.1 Å². The van der Waals surface area contributed by atoms with Crippen LogP contribution in [0.1, 0.15) is 12.0 Å². The van der Waals surface area contributed by atoms with Gasteiger partial charge in [0.25, 0.3) is 0 Å². The van der Waals surface area contributed by atoms with Crippen molar-refractivity contribution < 1.29 is 19.1 Å². The standard InChI is InChI=1S/C15H17FN2O3/c1-9-6-11(16)3-5-13(9)18-15(21)14(20)17-12-4-2-10(7-12)8-19/h2-6,10,12,19H,7-8H2,1H3,(H,17,20)(H,18,21)/t10-,12+/m0/s1. The van der Waals surface area contributed by atoms with E-state index in [1.807, 2.05) is 6.08 Å². The van der Waals surface area contributed by atoms with Gasteiger partial charge in [-0.15, -0.1) is 0 Å². The van der Waals surface area contributed by atoms with Crippen molar-refractivity contribution in [2.75, 3.05) is 11.9 Å². The van der Waals surface area contributed by atoms with Crippen molar-refractivity contribution in [3.63, 3.8) is 0 Å². The second-order valence-electron chi connectivity index (χ2n) is 5.06. The molecule has 21 heavy (non-hydrogen) atoms. The van der Waals surface area contributed by atoms with Crippen LogP contribution >= 0.6 is 0 Å². The zero-order valence-electron chi connectivity index (χ0n) is 11.6. The van der Waals surface area contributed by atoms with Gasteiger partial charge < -0.3 is 15.7 Å². The number of anilines is 1. The molecule has 0 fully saturated rings. The highest BCUT2D eigenvalue weighted by molar-refractivity contribution is 6.39. The highest BCUT2D eigenvalue weighted by Gasteiger charge is 2.23. The van der Waals surface area contributed by atoms with E-state index in [0.717, 1.165) is 0 Å². The molecule has 5 nitrogen and oxygen atoms in total. The lowest BCUT2D eigenvalue weighted by atomic mass is 10.1. The molecular weight excluding hydrogens is 275 g/mol. The van der Waals surface area contributed by atoms with Crippen LogP contribution in [-0.4, -0.2) is 29.6 Å². The van der Waals surface area contributed by atoms with E-state index in [1.54, 1.807) is 13.0 Å². The fraction of sp³-hybridized carbons (Fsp3) is 0.333. The third-order valence-corrected chi connectivity index (χ3v) is 3.37. The number of carbonyl (C=O) groups is 2. The predicted octanol–water partition coefficient (Wildman–Crippen LogP) is 1.13. The minimum absolute atomic E-state index is 0.0118. The molecule has 0 saturated carbocycles. The smallest absolute Gasteiger partial charge is 0.313 e. The molecule has 0 radical (unpaired) electrons. The third kappa shape index (κ3) is 3.88. The summed E-state index contributed by atoms with van der Waals surface area (Å²) in [5, 5.41) is 14.0. The largest absolute Gasteiger partial charge is 0.396 e. The summed E-state index contributed by atoms with van der Waals surface area (Å²) in [6.07, 6.45) is 4.15. The van der Waals surface area contributed by atoms with Gasteiger partial charge in [-0.25, -0.2) is 4.39 Å². The number of aryl methyl sites for hydroxylation is 1. The Morgan fingerprint density at radius 2 is 2.10 bits per heavy atom. The molecule has 2 amide bonds. The summed E-state index contributed by atoms with van der Waals surface area (Å²) in [6.45, 7) is 1.66. The summed E-state index contributed by atoms with van der Waals surface area (Å²) >= 11 is 0. The zero-order chi connectivity index (χ0) is 15.4. The number of hydrogen-bond acceptors (Lipinski definition) is 3. The Morgan fingerprint density at radius 1 is 1.33 bits per heavy atom. The van der Waals surface area contributed by atoms with Crippen LogP contribution < -0.4 is 10.6 Å². The number of benzene rings is 1. The number of aliphatic hydroxyl groups is 1. The first-order valence-electron chi connectivity index (χ1n) is 6.66. The molecular formula is C15H17FN2O3. The summed E-state index contributed by atoms with van der Waals surface area (Å²) in [7, 11) is 0. The molecule has 1 aromatic carbocycles. The van der Waals surface area contributed by atoms with Crippen molar-refractivity contribution >= 4 is 17.5 Å². The van der Waals surface area contributed by atoms with Gasteiger partial charge in [0, 0.05) is 24.3 Å². The van der Waals surface area contributed by atoms with Crippen LogP contribution in [0.15, 0.2) is 30.4 Å². The van der Waals surface area contributed by atoms with E-state index in [-0.39, 0.29) is 18.6 Å². The first kappa shape index (κ1) is 15.2. The number of hydrogen-bond donors (Lipinski definition) is 3. The molecule has 1 aliphatic rings. The Bertz CT molecular complexity index is 586. The molecule has 0 spiro atoms. The Hall–Kier alpha value is -2.21. The molecule has 0 bridgehead atoms. The second-order valence-corrected chi connectivity index (χ2v) is 5.06. The Morgan fingerprint density at radius 3 is 2.71 bits per heavy atom. The molecule has 3 N–H and O–H groups in total. The number of amides is 2. The number of nitrogens with one attached hydrogen (secondary N) is 2. The quantitative estimate of drug-likeness (QED) is 0.577. The van der Waals surface area contributed by atoms with Gasteiger partial charge in [0.15, 0.2) is 0 Å². The summed E-state index contributed by atoms with van der Waals surface area (Å²) in [6, 6.07) is 3.65. The molecule has 2 rings (SSSR count). The van der Waals surface area contributed by atoms with Crippen LogP contribution in [0.25, 0.3) is 0 Å². The highest BCUT2D eigenvalue weighted by atomic mass is 19.1. The van der Waals surface area contributed by atoms with Gasteiger partial charge in [0.05, 0.1) is 0 Å². The topological polar surface area (TPSA) is 78.4 Å². The molecule has 112 valence electrons. The maximum Gasteiger partial charge on any atom is 0.313 e. The van der Waals surface area contributed by atoms with Gasteiger partial charge in [0.1, 0.15) is 5.82 Å². The minimum atomic E-state index is -0.800. The van der Waals surface area contributed by atoms with Gasteiger partial charge >= 0.3 is 11.8 Å². The number of aliphatic hydroxyl groups excluding tert-OH is 1. The van der Waals surface area contributed by atoms with Crippen LogP contribution in [0.4, 0.5) is 10.1 Å². The van der Waals surface area contributed by atoms with E-state index in [4.69, 9.17) is 5.11 Å². The lowest BCUT2D eigenvalue weighted by Crippen LogP contribution is -2.40. The summed E-state index contributed by atoms with van der Waals surface area (Å²) in [5.74, 6) is -1.95. The Kier molecular flexibility index (Phi) is 4.70. The van der Waals surface area contributed by atoms with Crippen molar-refractivity contribution in [1.82, 2.24) is 5.32 Å². The first-order valence-corrected chi connectivity index (χ1v) is 6.66. The van der Waals surface area contributed by atoms with Crippen LogP contribution in [0.2, 0.25) is 0 Å². The minimum Gasteiger partial charge on any atom is -0.396 e. The van der Waals surface area contributed by atoms with E-state index in [0.29, 0.717) is 17.7 Å². The Balaban J connectivity index is 1.91. The van der Waals surface area contributed by atoms with E-state index in [9.17, 15) is 14.0 Å². The summed E-state index contributed by atoms with van der Waals surface area (Å²) in [4.78, 5) is 23.6. The van der Waals surface area contributed by atoms with Gasteiger partial charge in [-0.1, -0.05) is 12.2 Å². The molecule has 1 aliphatic carbocycles. The number of rotatable bonds is 3. The predicted molar refractivity (Wildman–Crippen MR) is 76.0 cm³/mol. The highest BCUT2D eigenvalue weighted by Crippen LogP contribution is 2.17.